The van der Waals surface area contributed by atoms with E-state index in [0.717, 1.165) is 11.4 Å². The zero-order valence-electron chi connectivity index (χ0n) is 10.8. The van der Waals surface area contributed by atoms with Crippen LogP contribution in [0.25, 0.3) is 5.69 Å². The van der Waals surface area contributed by atoms with Gasteiger partial charge in [0.05, 0.1) is 12.8 Å². The average Bonchev–Trinajstić information content (AvgIpc) is 2.96. The molecule has 3 rings (SSSR count). The van der Waals surface area contributed by atoms with Crippen LogP contribution in [-0.2, 0) is 0 Å². The van der Waals surface area contributed by atoms with Gasteiger partial charge in [0.25, 0.3) is 0 Å². The maximum atomic E-state index is 5.66. The van der Waals surface area contributed by atoms with E-state index in [2.05, 4.69) is 15.5 Å². The van der Waals surface area contributed by atoms with Crippen LogP contribution in [-0.4, -0.2) is 27.3 Å². The highest BCUT2D eigenvalue weighted by Gasteiger charge is 2.11. The molecule has 0 spiro atoms. The van der Waals surface area contributed by atoms with Crippen LogP contribution in [0.15, 0.2) is 54.6 Å². The SMILES string of the molecule is COc1cccc(-n2nnnc2Oc2ccccc2)c1. The summed E-state index contributed by atoms with van der Waals surface area (Å²) < 4.78 is 12.4. The van der Waals surface area contributed by atoms with Gasteiger partial charge in [0.2, 0.25) is 0 Å². The Morgan fingerprint density at radius 2 is 1.75 bits per heavy atom. The Morgan fingerprint density at radius 3 is 2.55 bits per heavy atom. The molecule has 6 nitrogen and oxygen atoms in total. The maximum Gasteiger partial charge on any atom is 0.345 e. The van der Waals surface area contributed by atoms with Gasteiger partial charge in [-0.2, -0.15) is 4.68 Å². The number of rotatable bonds is 4. The van der Waals surface area contributed by atoms with Crippen molar-refractivity contribution in [3.05, 3.63) is 54.6 Å². The molecule has 0 aliphatic rings. The Morgan fingerprint density at radius 1 is 0.950 bits per heavy atom. The van der Waals surface area contributed by atoms with Crippen LogP contribution in [0.4, 0.5) is 0 Å². The molecule has 6 heteroatoms. The zero-order chi connectivity index (χ0) is 13.8. The maximum absolute atomic E-state index is 5.66. The minimum absolute atomic E-state index is 0.296. The Balaban J connectivity index is 1.93. The van der Waals surface area contributed by atoms with E-state index in [0.29, 0.717) is 11.8 Å². The molecule has 0 N–H and O–H groups in total. The first-order valence-corrected chi connectivity index (χ1v) is 6.02. The summed E-state index contributed by atoms with van der Waals surface area (Å²) in [5, 5.41) is 11.5. The van der Waals surface area contributed by atoms with E-state index in [1.807, 2.05) is 54.6 Å². The second-order valence-electron chi connectivity index (χ2n) is 3.99. The largest absolute Gasteiger partial charge is 0.497 e. The van der Waals surface area contributed by atoms with Crippen molar-refractivity contribution < 1.29 is 9.47 Å². The Kier molecular flexibility index (Phi) is 3.28. The van der Waals surface area contributed by atoms with Gasteiger partial charge in [-0.05, 0) is 34.7 Å². The highest BCUT2D eigenvalue weighted by molar-refractivity contribution is 5.40. The summed E-state index contributed by atoms with van der Waals surface area (Å²) >= 11 is 0. The van der Waals surface area contributed by atoms with Crippen molar-refractivity contribution in [3.8, 4) is 23.2 Å². The first-order valence-electron chi connectivity index (χ1n) is 6.02. The predicted octanol–water partition coefficient (Wildman–Crippen LogP) is 2.46. The van der Waals surface area contributed by atoms with E-state index in [4.69, 9.17) is 9.47 Å². The lowest BCUT2D eigenvalue weighted by atomic mass is 10.3. The summed E-state index contributed by atoms with van der Waals surface area (Å²) in [7, 11) is 1.61. The summed E-state index contributed by atoms with van der Waals surface area (Å²) in [6.07, 6.45) is 0. The van der Waals surface area contributed by atoms with E-state index in [1.54, 1.807) is 7.11 Å². The number of methoxy groups -OCH3 is 1. The number of hydrogen-bond acceptors (Lipinski definition) is 5. The molecule has 0 saturated carbocycles. The molecule has 100 valence electrons. The van der Waals surface area contributed by atoms with Crippen LogP contribution in [0.1, 0.15) is 0 Å². The first-order chi connectivity index (χ1) is 9.86. The standard InChI is InChI=1S/C14H12N4O2/c1-19-13-9-5-6-11(10-13)18-14(15-16-17-18)20-12-7-3-2-4-8-12/h2-10H,1H3. The summed E-state index contributed by atoms with van der Waals surface area (Å²) in [4.78, 5) is 0. The molecule has 0 fully saturated rings. The summed E-state index contributed by atoms with van der Waals surface area (Å²) in [5.41, 5.74) is 0.764. The number of hydrogen-bond donors (Lipinski definition) is 0. The average molecular weight is 268 g/mol. The molecule has 0 saturated heterocycles. The monoisotopic (exact) mass is 268 g/mol. The lowest BCUT2D eigenvalue weighted by Crippen LogP contribution is -2.00. The van der Waals surface area contributed by atoms with Crippen LogP contribution in [0.2, 0.25) is 0 Å². The summed E-state index contributed by atoms with van der Waals surface area (Å²) in [6.45, 7) is 0. The van der Waals surface area contributed by atoms with Crippen molar-refractivity contribution in [3.63, 3.8) is 0 Å². The molecule has 2 aromatic carbocycles. The van der Waals surface area contributed by atoms with Crippen LogP contribution in [0.5, 0.6) is 17.5 Å². The van der Waals surface area contributed by atoms with E-state index < -0.39 is 0 Å². The smallest absolute Gasteiger partial charge is 0.345 e. The molecule has 0 aliphatic carbocycles. The van der Waals surface area contributed by atoms with Crippen molar-refractivity contribution in [2.24, 2.45) is 0 Å². The van der Waals surface area contributed by atoms with E-state index in [1.165, 1.54) is 4.68 Å². The first kappa shape index (κ1) is 12.2. The summed E-state index contributed by atoms with van der Waals surface area (Å²) in [6, 6.07) is 17.1. The van der Waals surface area contributed by atoms with Gasteiger partial charge in [-0.1, -0.05) is 29.4 Å². The fourth-order valence-electron chi connectivity index (χ4n) is 1.74. The van der Waals surface area contributed by atoms with Gasteiger partial charge in [-0.3, -0.25) is 0 Å². The Hall–Kier alpha value is -2.89. The van der Waals surface area contributed by atoms with Crippen LogP contribution in [0, 0.1) is 0 Å². The van der Waals surface area contributed by atoms with E-state index in [-0.39, 0.29) is 0 Å². The topological polar surface area (TPSA) is 62.1 Å². The van der Waals surface area contributed by atoms with Crippen LogP contribution in [0.3, 0.4) is 0 Å². The van der Waals surface area contributed by atoms with Gasteiger partial charge in [0.15, 0.2) is 0 Å². The fraction of sp³-hybridized carbons (Fsp3) is 0.0714. The van der Waals surface area contributed by atoms with E-state index in [9.17, 15) is 0 Å². The molecule has 0 aliphatic heterocycles. The molecule has 20 heavy (non-hydrogen) atoms. The van der Waals surface area contributed by atoms with Crippen molar-refractivity contribution in [1.82, 2.24) is 20.2 Å². The Labute approximate surface area is 115 Å². The van der Waals surface area contributed by atoms with Crippen LogP contribution >= 0.6 is 0 Å². The highest BCUT2D eigenvalue weighted by Crippen LogP contribution is 2.22. The normalized spacial score (nSPS) is 10.2. The third kappa shape index (κ3) is 2.44. The van der Waals surface area contributed by atoms with Gasteiger partial charge in [0.1, 0.15) is 11.5 Å². The lowest BCUT2D eigenvalue weighted by molar-refractivity contribution is 0.412. The third-order valence-corrected chi connectivity index (χ3v) is 2.69. The van der Waals surface area contributed by atoms with Crippen molar-refractivity contribution in [2.45, 2.75) is 0 Å². The Bertz CT molecular complexity index is 697. The van der Waals surface area contributed by atoms with E-state index >= 15 is 0 Å². The van der Waals surface area contributed by atoms with Gasteiger partial charge in [0, 0.05) is 6.07 Å². The number of para-hydroxylation sites is 1. The molecule has 0 amide bonds. The molecule has 1 heterocycles. The predicted molar refractivity (Wildman–Crippen MR) is 72.2 cm³/mol. The quantitative estimate of drug-likeness (QED) is 0.727. The van der Waals surface area contributed by atoms with Crippen LogP contribution < -0.4 is 9.47 Å². The molecular weight excluding hydrogens is 256 g/mol. The minimum Gasteiger partial charge on any atom is -0.497 e. The zero-order valence-corrected chi connectivity index (χ0v) is 10.8. The second-order valence-corrected chi connectivity index (χ2v) is 3.99. The lowest BCUT2D eigenvalue weighted by Gasteiger charge is -2.07. The third-order valence-electron chi connectivity index (χ3n) is 2.69. The van der Waals surface area contributed by atoms with Crippen molar-refractivity contribution in [1.29, 1.82) is 0 Å². The van der Waals surface area contributed by atoms with Gasteiger partial charge in [-0.25, -0.2) is 0 Å². The fourth-order valence-corrected chi connectivity index (χ4v) is 1.74. The highest BCUT2D eigenvalue weighted by atomic mass is 16.5. The summed E-state index contributed by atoms with van der Waals surface area (Å²) in [5.74, 6) is 1.40. The molecule has 0 unspecified atom stereocenters. The van der Waals surface area contributed by atoms with Crippen molar-refractivity contribution in [2.75, 3.05) is 7.11 Å². The van der Waals surface area contributed by atoms with Gasteiger partial charge < -0.3 is 9.47 Å². The number of ether oxygens (including phenoxy) is 2. The minimum atomic E-state index is 0.296. The second kappa shape index (κ2) is 5.40. The molecular formula is C14H12N4O2. The molecule has 1 aromatic heterocycles. The molecule has 3 aromatic rings. The number of benzene rings is 2. The van der Waals surface area contributed by atoms with Gasteiger partial charge in [-0.15, -0.1) is 0 Å². The number of nitrogens with zero attached hydrogens (tertiary/aromatic N) is 4. The number of tetrazole rings is 1. The molecule has 0 bridgehead atoms. The van der Waals surface area contributed by atoms with Crippen molar-refractivity contribution >= 4 is 0 Å². The van der Waals surface area contributed by atoms with Gasteiger partial charge >= 0.3 is 6.01 Å². The molecule has 0 radical (unpaired) electrons. The number of aromatic nitrogens is 4. The molecule has 0 atom stereocenters.